The molecule has 2 aliphatic rings. The molecule has 0 bridgehead atoms. The highest BCUT2D eigenvalue weighted by Gasteiger charge is 2.40. The van der Waals surface area contributed by atoms with Gasteiger partial charge >= 0.3 is 0 Å². The average molecular weight is 273 g/mol. The molecule has 2 fully saturated rings. The van der Waals surface area contributed by atoms with Crippen molar-refractivity contribution in [3.8, 4) is 0 Å². The predicted octanol–water partition coefficient (Wildman–Crippen LogP) is 3.75. The lowest BCUT2D eigenvalue weighted by molar-refractivity contribution is -0.00819. The van der Waals surface area contributed by atoms with Gasteiger partial charge in [-0.05, 0) is 48.6 Å². The Hall–Kier alpha value is -0.860. The third kappa shape index (κ3) is 2.64. The van der Waals surface area contributed by atoms with E-state index in [1.54, 1.807) is 0 Å². The van der Waals surface area contributed by atoms with Crippen molar-refractivity contribution in [1.82, 2.24) is 0 Å². The Labute approximate surface area is 122 Å². The highest BCUT2D eigenvalue weighted by Crippen LogP contribution is 2.47. The normalized spacial score (nSPS) is 32.0. The second-order valence-electron chi connectivity index (χ2n) is 7.09. The molecule has 1 aromatic rings. The van der Waals surface area contributed by atoms with Crippen molar-refractivity contribution < 1.29 is 5.11 Å². The van der Waals surface area contributed by atoms with E-state index in [4.69, 9.17) is 5.73 Å². The van der Waals surface area contributed by atoms with Crippen molar-refractivity contribution >= 4 is 0 Å². The molecule has 0 amide bonds. The van der Waals surface area contributed by atoms with Crippen molar-refractivity contribution in [2.45, 2.75) is 57.5 Å². The van der Waals surface area contributed by atoms with Gasteiger partial charge in [-0.25, -0.2) is 0 Å². The molecular weight excluding hydrogens is 246 g/mol. The smallest absolute Gasteiger partial charge is 0.0858 e. The number of hydrogen-bond acceptors (Lipinski definition) is 2. The average Bonchev–Trinajstić information content (AvgIpc) is 3.33. The maximum Gasteiger partial charge on any atom is 0.0858 e. The molecule has 0 saturated heterocycles. The van der Waals surface area contributed by atoms with Gasteiger partial charge < -0.3 is 10.8 Å². The van der Waals surface area contributed by atoms with Crippen LogP contribution in [-0.4, -0.2) is 11.7 Å². The van der Waals surface area contributed by atoms with E-state index in [1.807, 2.05) is 0 Å². The second-order valence-corrected chi connectivity index (χ2v) is 7.09. The quantitative estimate of drug-likeness (QED) is 0.877. The zero-order chi connectivity index (χ0) is 14.2. The molecule has 110 valence electrons. The number of hydrogen-bond donors (Lipinski definition) is 2. The van der Waals surface area contributed by atoms with Crippen LogP contribution in [0.2, 0.25) is 0 Å². The Kier molecular flexibility index (Phi) is 3.87. The first-order valence-electron chi connectivity index (χ1n) is 8.12. The minimum atomic E-state index is -0.409. The zero-order valence-corrected chi connectivity index (χ0v) is 12.5. The van der Waals surface area contributed by atoms with Gasteiger partial charge in [-0.2, -0.15) is 0 Å². The van der Waals surface area contributed by atoms with Gasteiger partial charge in [-0.3, -0.25) is 0 Å². The van der Waals surface area contributed by atoms with Gasteiger partial charge in [0.05, 0.1) is 6.10 Å². The Morgan fingerprint density at radius 2 is 1.75 bits per heavy atom. The number of benzene rings is 1. The summed E-state index contributed by atoms with van der Waals surface area (Å²) in [6.07, 6.45) is 6.72. The summed E-state index contributed by atoms with van der Waals surface area (Å²) >= 11 is 0. The van der Waals surface area contributed by atoms with Crippen LogP contribution in [0.3, 0.4) is 0 Å². The Morgan fingerprint density at radius 1 is 1.15 bits per heavy atom. The van der Waals surface area contributed by atoms with E-state index in [-0.39, 0.29) is 5.41 Å². The number of aliphatic hydroxyl groups is 1. The fourth-order valence-electron chi connectivity index (χ4n) is 3.65. The molecule has 0 heterocycles. The van der Waals surface area contributed by atoms with Gasteiger partial charge in [-0.15, -0.1) is 0 Å². The molecule has 0 spiro atoms. The van der Waals surface area contributed by atoms with Crippen molar-refractivity contribution in [3.05, 3.63) is 35.4 Å². The molecule has 3 N–H and O–H groups in total. The molecule has 3 rings (SSSR count). The van der Waals surface area contributed by atoms with Crippen LogP contribution in [0.5, 0.6) is 0 Å². The highest BCUT2D eigenvalue weighted by atomic mass is 16.3. The monoisotopic (exact) mass is 273 g/mol. The highest BCUT2D eigenvalue weighted by molar-refractivity contribution is 5.30. The minimum Gasteiger partial charge on any atom is -0.388 e. The predicted molar refractivity (Wildman–Crippen MR) is 82.5 cm³/mol. The standard InChI is InChI=1S/C18H27NO/c1-13-8-10-18(12-19,11-9-13)17(20)16-6-4-15(5-7-16)14-2-3-14/h4-7,13-14,17,20H,2-3,8-12,19H2,1H3. The minimum absolute atomic E-state index is 0.104. The maximum absolute atomic E-state index is 10.8. The summed E-state index contributed by atoms with van der Waals surface area (Å²) in [5, 5.41) is 10.8. The second kappa shape index (κ2) is 5.50. The molecule has 0 aromatic heterocycles. The summed E-state index contributed by atoms with van der Waals surface area (Å²) in [7, 11) is 0. The molecule has 1 unspecified atom stereocenters. The SMILES string of the molecule is CC1CCC(CN)(C(O)c2ccc(C3CC3)cc2)CC1. The fraction of sp³-hybridized carbons (Fsp3) is 0.667. The first kappa shape index (κ1) is 14.1. The van der Waals surface area contributed by atoms with Crippen LogP contribution in [-0.2, 0) is 0 Å². The Morgan fingerprint density at radius 3 is 2.25 bits per heavy atom. The molecule has 2 nitrogen and oxygen atoms in total. The van der Waals surface area contributed by atoms with Gasteiger partial charge in [0.1, 0.15) is 0 Å². The lowest BCUT2D eigenvalue weighted by Gasteiger charge is -2.42. The van der Waals surface area contributed by atoms with Crippen LogP contribution in [0.1, 0.15) is 68.6 Å². The number of aliphatic hydroxyl groups excluding tert-OH is 1. The first-order valence-corrected chi connectivity index (χ1v) is 8.12. The molecule has 20 heavy (non-hydrogen) atoms. The van der Waals surface area contributed by atoms with E-state index in [2.05, 4.69) is 31.2 Å². The van der Waals surface area contributed by atoms with Crippen LogP contribution >= 0.6 is 0 Å². The molecule has 2 saturated carbocycles. The Bertz CT molecular complexity index is 441. The van der Waals surface area contributed by atoms with Crippen molar-refractivity contribution in [3.63, 3.8) is 0 Å². The van der Waals surface area contributed by atoms with Crippen LogP contribution in [0.25, 0.3) is 0 Å². The summed E-state index contributed by atoms with van der Waals surface area (Å²) < 4.78 is 0. The van der Waals surface area contributed by atoms with Crippen LogP contribution in [0.4, 0.5) is 0 Å². The lowest BCUT2D eigenvalue weighted by Crippen LogP contribution is -2.39. The van der Waals surface area contributed by atoms with E-state index in [9.17, 15) is 5.11 Å². The Balaban J connectivity index is 1.76. The number of rotatable bonds is 4. The van der Waals surface area contributed by atoms with Gasteiger partial charge in [0.2, 0.25) is 0 Å². The maximum atomic E-state index is 10.8. The van der Waals surface area contributed by atoms with Gasteiger partial charge in [-0.1, -0.05) is 44.0 Å². The van der Waals surface area contributed by atoms with E-state index in [0.717, 1.165) is 30.2 Å². The summed E-state index contributed by atoms with van der Waals surface area (Å²) in [4.78, 5) is 0. The third-order valence-electron chi connectivity index (χ3n) is 5.56. The fourth-order valence-corrected chi connectivity index (χ4v) is 3.65. The summed E-state index contributed by atoms with van der Waals surface area (Å²) in [5.74, 6) is 1.55. The third-order valence-corrected chi connectivity index (χ3v) is 5.56. The largest absolute Gasteiger partial charge is 0.388 e. The van der Waals surface area contributed by atoms with E-state index in [0.29, 0.717) is 6.54 Å². The molecule has 0 radical (unpaired) electrons. The van der Waals surface area contributed by atoms with Gasteiger partial charge in [0, 0.05) is 12.0 Å². The van der Waals surface area contributed by atoms with E-state index < -0.39 is 6.10 Å². The summed E-state index contributed by atoms with van der Waals surface area (Å²) in [6, 6.07) is 8.64. The topological polar surface area (TPSA) is 46.2 Å². The number of nitrogens with two attached hydrogens (primary N) is 1. The molecule has 2 aliphatic carbocycles. The first-order chi connectivity index (χ1) is 9.64. The van der Waals surface area contributed by atoms with Crippen LogP contribution < -0.4 is 5.73 Å². The van der Waals surface area contributed by atoms with Crippen molar-refractivity contribution in [2.75, 3.05) is 6.54 Å². The van der Waals surface area contributed by atoms with Crippen molar-refractivity contribution in [1.29, 1.82) is 0 Å². The van der Waals surface area contributed by atoms with Crippen molar-refractivity contribution in [2.24, 2.45) is 17.1 Å². The molecule has 0 aliphatic heterocycles. The van der Waals surface area contributed by atoms with Gasteiger partial charge in [0.25, 0.3) is 0 Å². The summed E-state index contributed by atoms with van der Waals surface area (Å²) in [6.45, 7) is 2.89. The van der Waals surface area contributed by atoms with E-state index >= 15 is 0 Å². The lowest BCUT2D eigenvalue weighted by atomic mass is 9.66. The molecule has 2 heteroatoms. The molecule has 1 aromatic carbocycles. The van der Waals surface area contributed by atoms with Crippen LogP contribution in [0, 0.1) is 11.3 Å². The van der Waals surface area contributed by atoms with E-state index in [1.165, 1.54) is 31.2 Å². The zero-order valence-electron chi connectivity index (χ0n) is 12.5. The molecular formula is C18H27NO. The van der Waals surface area contributed by atoms with Gasteiger partial charge in [0.15, 0.2) is 0 Å². The molecule has 1 atom stereocenters. The van der Waals surface area contributed by atoms with Crippen LogP contribution in [0.15, 0.2) is 24.3 Å². The summed E-state index contributed by atoms with van der Waals surface area (Å²) in [5.41, 5.74) is 8.43.